The van der Waals surface area contributed by atoms with Crippen LogP contribution < -0.4 is 9.47 Å². The fraction of sp³-hybridized carbons (Fsp3) is 0.182. The van der Waals surface area contributed by atoms with E-state index in [0.717, 1.165) is 5.56 Å². The lowest BCUT2D eigenvalue weighted by molar-refractivity contribution is -0.385. The average Bonchev–Trinajstić information content (AvgIpc) is 3.48. The van der Waals surface area contributed by atoms with Crippen LogP contribution in [0.2, 0.25) is 5.02 Å². The van der Waals surface area contributed by atoms with Gasteiger partial charge >= 0.3 is 5.69 Å². The number of nitrogens with zero attached hydrogens (tertiary/aromatic N) is 3. The lowest BCUT2D eigenvalue weighted by atomic mass is 10.0. The highest BCUT2D eigenvalue weighted by Crippen LogP contribution is 2.34. The molecule has 0 radical (unpaired) electrons. The van der Waals surface area contributed by atoms with Gasteiger partial charge in [-0.3, -0.25) is 14.9 Å². The molecule has 10 heteroatoms. The van der Waals surface area contributed by atoms with E-state index in [1.165, 1.54) is 29.5 Å². The highest BCUT2D eigenvalue weighted by Gasteiger charge is 2.35. The molecule has 0 spiro atoms. The van der Waals surface area contributed by atoms with E-state index in [0.29, 0.717) is 23.6 Å². The normalized spacial score (nSPS) is 15.4. The Morgan fingerprint density at radius 2 is 2.06 bits per heavy atom. The predicted molar refractivity (Wildman–Crippen MR) is 116 cm³/mol. The molecule has 0 bridgehead atoms. The molecule has 1 atom stereocenters. The number of nitro groups is 1. The molecule has 3 aromatic rings. The zero-order valence-corrected chi connectivity index (χ0v) is 17.7. The van der Waals surface area contributed by atoms with Crippen molar-refractivity contribution in [1.82, 2.24) is 5.01 Å². The molecular formula is C22H18ClN3O6. The Hall–Kier alpha value is -3.85. The zero-order chi connectivity index (χ0) is 22.7. The zero-order valence-electron chi connectivity index (χ0n) is 16.9. The Kier molecular flexibility index (Phi) is 6.09. The number of rotatable bonds is 7. The number of hydrazone groups is 1. The van der Waals surface area contributed by atoms with Gasteiger partial charge in [0, 0.05) is 17.5 Å². The van der Waals surface area contributed by atoms with Crippen LogP contribution in [0.25, 0.3) is 0 Å². The summed E-state index contributed by atoms with van der Waals surface area (Å²) in [5.41, 5.74) is 1.21. The second kappa shape index (κ2) is 9.11. The summed E-state index contributed by atoms with van der Waals surface area (Å²) in [4.78, 5) is 23.6. The van der Waals surface area contributed by atoms with Crippen molar-refractivity contribution in [3.8, 4) is 11.5 Å². The molecule has 2 heterocycles. The number of benzene rings is 2. The third kappa shape index (κ3) is 4.42. The third-order valence-corrected chi connectivity index (χ3v) is 5.16. The first-order valence-corrected chi connectivity index (χ1v) is 9.98. The van der Waals surface area contributed by atoms with Crippen molar-refractivity contribution in [3.63, 3.8) is 0 Å². The molecule has 0 saturated heterocycles. The van der Waals surface area contributed by atoms with Crippen LogP contribution >= 0.6 is 11.6 Å². The summed E-state index contributed by atoms with van der Waals surface area (Å²) in [6.45, 7) is -0.445. The first-order chi connectivity index (χ1) is 15.5. The van der Waals surface area contributed by atoms with Crippen LogP contribution in [0.4, 0.5) is 5.69 Å². The fourth-order valence-electron chi connectivity index (χ4n) is 3.36. The van der Waals surface area contributed by atoms with E-state index in [4.69, 9.17) is 25.5 Å². The van der Waals surface area contributed by atoms with Crippen molar-refractivity contribution in [1.29, 1.82) is 0 Å². The second-order valence-electron chi connectivity index (χ2n) is 6.91. The summed E-state index contributed by atoms with van der Waals surface area (Å²) < 4.78 is 16.2. The summed E-state index contributed by atoms with van der Waals surface area (Å²) >= 11 is 5.83. The van der Waals surface area contributed by atoms with Crippen LogP contribution in [0.15, 0.2) is 70.4 Å². The van der Waals surface area contributed by atoms with E-state index in [2.05, 4.69) is 5.10 Å². The lowest BCUT2D eigenvalue weighted by Crippen LogP contribution is -2.31. The molecule has 9 nitrogen and oxygen atoms in total. The van der Waals surface area contributed by atoms with Crippen molar-refractivity contribution in [2.24, 2.45) is 5.10 Å². The Morgan fingerprint density at radius 3 is 2.72 bits per heavy atom. The Morgan fingerprint density at radius 1 is 1.28 bits per heavy atom. The van der Waals surface area contributed by atoms with E-state index in [1.54, 1.807) is 19.2 Å². The maximum atomic E-state index is 13.0. The SMILES string of the molecule is COc1ccc(C2=NN(C(=O)COc3ccc(Cl)cc3[N+](=O)[O-])C(c3ccco3)C2)cc1. The van der Waals surface area contributed by atoms with Crippen LogP contribution in [0.3, 0.4) is 0 Å². The van der Waals surface area contributed by atoms with Gasteiger partial charge in [0.2, 0.25) is 0 Å². The van der Waals surface area contributed by atoms with E-state index in [-0.39, 0.29) is 16.5 Å². The van der Waals surface area contributed by atoms with E-state index in [9.17, 15) is 14.9 Å². The lowest BCUT2D eigenvalue weighted by Gasteiger charge is -2.20. The van der Waals surface area contributed by atoms with E-state index < -0.39 is 23.5 Å². The highest BCUT2D eigenvalue weighted by atomic mass is 35.5. The quantitative estimate of drug-likeness (QED) is 0.380. The number of methoxy groups -OCH3 is 1. The summed E-state index contributed by atoms with van der Waals surface area (Å²) in [5.74, 6) is 0.754. The number of carbonyl (C=O) groups excluding carboxylic acids is 1. The summed E-state index contributed by atoms with van der Waals surface area (Å²) in [6, 6.07) is 14.4. The van der Waals surface area contributed by atoms with Gasteiger partial charge in [-0.2, -0.15) is 5.10 Å². The molecule has 1 unspecified atom stereocenters. The van der Waals surface area contributed by atoms with Gasteiger partial charge in [-0.25, -0.2) is 5.01 Å². The third-order valence-electron chi connectivity index (χ3n) is 4.93. The average molecular weight is 456 g/mol. The molecule has 0 aliphatic carbocycles. The second-order valence-corrected chi connectivity index (χ2v) is 7.34. The van der Waals surface area contributed by atoms with Gasteiger partial charge in [-0.15, -0.1) is 0 Å². The number of amides is 1. The minimum Gasteiger partial charge on any atom is -0.497 e. The topological polar surface area (TPSA) is 107 Å². The summed E-state index contributed by atoms with van der Waals surface area (Å²) in [6.07, 6.45) is 1.96. The minimum atomic E-state index is -0.618. The van der Waals surface area contributed by atoms with Crippen LogP contribution in [-0.2, 0) is 4.79 Å². The first kappa shape index (κ1) is 21.4. The Bertz CT molecular complexity index is 1160. The molecule has 0 saturated carbocycles. The molecule has 1 aliphatic heterocycles. The van der Waals surface area contributed by atoms with Crippen molar-refractivity contribution in [2.75, 3.05) is 13.7 Å². The van der Waals surface area contributed by atoms with Crippen molar-refractivity contribution in [3.05, 3.63) is 87.3 Å². The molecule has 4 rings (SSSR count). The molecule has 2 aromatic carbocycles. The number of furan rings is 1. The summed E-state index contributed by atoms with van der Waals surface area (Å²) in [7, 11) is 1.58. The van der Waals surface area contributed by atoms with Gasteiger partial charge < -0.3 is 13.9 Å². The maximum Gasteiger partial charge on any atom is 0.312 e. The molecule has 1 amide bonds. The minimum absolute atomic E-state index is 0.0548. The van der Waals surface area contributed by atoms with Crippen molar-refractivity contribution >= 4 is 28.9 Å². The van der Waals surface area contributed by atoms with Crippen molar-refractivity contribution < 1.29 is 23.6 Å². The predicted octanol–water partition coefficient (Wildman–Crippen LogP) is 4.61. The number of hydrogen-bond donors (Lipinski definition) is 0. The first-order valence-electron chi connectivity index (χ1n) is 9.60. The summed E-state index contributed by atoms with van der Waals surface area (Å²) in [5, 5.41) is 17.2. The van der Waals surface area contributed by atoms with Gasteiger partial charge in [-0.05, 0) is 54.1 Å². The highest BCUT2D eigenvalue weighted by molar-refractivity contribution is 6.30. The van der Waals surface area contributed by atoms with Crippen LogP contribution in [0, 0.1) is 10.1 Å². The molecular weight excluding hydrogens is 438 g/mol. The molecule has 0 N–H and O–H groups in total. The smallest absolute Gasteiger partial charge is 0.312 e. The Labute approximate surface area is 187 Å². The molecule has 1 aliphatic rings. The maximum absolute atomic E-state index is 13.0. The molecule has 1 aromatic heterocycles. The Balaban J connectivity index is 1.56. The van der Waals surface area contributed by atoms with Gasteiger partial charge in [0.25, 0.3) is 5.91 Å². The van der Waals surface area contributed by atoms with Gasteiger partial charge in [-0.1, -0.05) is 11.6 Å². The molecule has 164 valence electrons. The van der Waals surface area contributed by atoms with Gasteiger partial charge in [0.1, 0.15) is 17.6 Å². The number of nitro benzene ring substituents is 1. The largest absolute Gasteiger partial charge is 0.497 e. The molecule has 0 fully saturated rings. The van der Waals surface area contributed by atoms with Crippen LogP contribution in [-0.4, -0.2) is 35.3 Å². The molecule has 32 heavy (non-hydrogen) atoms. The van der Waals surface area contributed by atoms with E-state index >= 15 is 0 Å². The number of halogens is 1. The van der Waals surface area contributed by atoms with Crippen LogP contribution in [0.1, 0.15) is 23.8 Å². The number of hydrogen-bond acceptors (Lipinski definition) is 7. The van der Waals surface area contributed by atoms with E-state index in [1.807, 2.05) is 24.3 Å². The van der Waals surface area contributed by atoms with Crippen molar-refractivity contribution in [2.45, 2.75) is 12.5 Å². The standard InChI is InChI=1S/C22H18ClN3O6/c1-30-16-7-4-14(5-8-16)17-12-18(20-3-2-10-31-20)25(24-17)22(27)13-32-21-9-6-15(23)11-19(21)26(28)29/h2-11,18H,12-13H2,1H3. The van der Waals surface area contributed by atoms with Gasteiger partial charge in [0.15, 0.2) is 12.4 Å². The van der Waals surface area contributed by atoms with Gasteiger partial charge in [0.05, 0.1) is 24.0 Å². The number of carbonyl (C=O) groups is 1. The van der Waals surface area contributed by atoms with Crippen LogP contribution in [0.5, 0.6) is 11.5 Å². The number of ether oxygens (including phenoxy) is 2. The monoisotopic (exact) mass is 455 g/mol. The fourth-order valence-corrected chi connectivity index (χ4v) is 3.53.